The van der Waals surface area contributed by atoms with Gasteiger partial charge in [0.25, 0.3) is 0 Å². The van der Waals surface area contributed by atoms with Crippen LogP contribution < -0.4 is 4.72 Å². The van der Waals surface area contributed by atoms with Crippen molar-refractivity contribution in [3.05, 3.63) is 51.5 Å². The molecule has 1 aromatic carbocycles. The van der Waals surface area contributed by atoms with Gasteiger partial charge in [-0.05, 0) is 19.4 Å². The van der Waals surface area contributed by atoms with Crippen LogP contribution in [0.15, 0.2) is 24.4 Å². The molecule has 2 aromatic rings. The maximum atomic E-state index is 13.5. The standard InChI is InChI=1S/C14H16F2N2O2S2/c1-3-12-7-17-14(21-12)9(2)18-22(19,20)8-10-4-5-11(15)6-13(10)16/h4-7,9,18H,3,8H2,1-2H3/t9-/m1/s1. The maximum absolute atomic E-state index is 13.5. The number of hydrogen-bond donors (Lipinski definition) is 1. The first-order valence-electron chi connectivity index (χ1n) is 6.69. The van der Waals surface area contributed by atoms with E-state index in [2.05, 4.69) is 9.71 Å². The van der Waals surface area contributed by atoms with Crippen molar-refractivity contribution in [2.75, 3.05) is 0 Å². The van der Waals surface area contributed by atoms with Crippen molar-refractivity contribution in [2.24, 2.45) is 0 Å². The molecule has 2 rings (SSSR count). The monoisotopic (exact) mass is 346 g/mol. The highest BCUT2D eigenvalue weighted by molar-refractivity contribution is 7.88. The van der Waals surface area contributed by atoms with Gasteiger partial charge < -0.3 is 0 Å². The van der Waals surface area contributed by atoms with Crippen LogP contribution in [0.2, 0.25) is 0 Å². The largest absolute Gasteiger partial charge is 0.248 e. The summed E-state index contributed by atoms with van der Waals surface area (Å²) in [5.41, 5.74) is -0.0746. The van der Waals surface area contributed by atoms with Crippen molar-refractivity contribution < 1.29 is 17.2 Å². The lowest BCUT2D eigenvalue weighted by Gasteiger charge is -2.12. The molecule has 4 nitrogen and oxygen atoms in total. The van der Waals surface area contributed by atoms with E-state index >= 15 is 0 Å². The highest BCUT2D eigenvalue weighted by Gasteiger charge is 2.20. The van der Waals surface area contributed by atoms with Crippen LogP contribution in [0, 0.1) is 11.6 Å². The predicted octanol–water partition coefficient (Wildman–Crippen LogP) is 3.16. The SMILES string of the molecule is CCc1cnc([C@@H](C)NS(=O)(=O)Cc2ccc(F)cc2F)s1. The number of nitrogens with one attached hydrogen (secondary N) is 1. The van der Waals surface area contributed by atoms with Crippen LogP contribution in [0.5, 0.6) is 0 Å². The van der Waals surface area contributed by atoms with Crippen molar-refractivity contribution in [1.29, 1.82) is 0 Å². The van der Waals surface area contributed by atoms with Crippen molar-refractivity contribution in [1.82, 2.24) is 9.71 Å². The lowest BCUT2D eigenvalue weighted by molar-refractivity contribution is 0.555. The molecule has 1 heterocycles. The Bertz CT molecular complexity index is 760. The molecule has 0 amide bonds. The second-order valence-electron chi connectivity index (χ2n) is 4.85. The summed E-state index contributed by atoms with van der Waals surface area (Å²) in [6, 6.07) is 2.33. The first-order valence-corrected chi connectivity index (χ1v) is 9.16. The molecule has 1 atom stereocenters. The first kappa shape index (κ1) is 17.0. The summed E-state index contributed by atoms with van der Waals surface area (Å²) in [7, 11) is -3.76. The van der Waals surface area contributed by atoms with E-state index in [0.717, 1.165) is 23.4 Å². The van der Waals surface area contributed by atoms with Crippen LogP contribution >= 0.6 is 11.3 Å². The number of halogens is 2. The van der Waals surface area contributed by atoms with E-state index < -0.39 is 33.5 Å². The van der Waals surface area contributed by atoms with Gasteiger partial charge in [0.1, 0.15) is 16.6 Å². The molecule has 0 fully saturated rings. The van der Waals surface area contributed by atoms with E-state index in [1.807, 2.05) is 6.92 Å². The Morgan fingerprint density at radius 1 is 1.36 bits per heavy atom. The van der Waals surface area contributed by atoms with E-state index in [1.165, 1.54) is 11.3 Å². The van der Waals surface area contributed by atoms with E-state index in [0.29, 0.717) is 11.1 Å². The number of benzene rings is 1. The number of thiazole rings is 1. The van der Waals surface area contributed by atoms with Crippen molar-refractivity contribution in [2.45, 2.75) is 32.1 Å². The van der Waals surface area contributed by atoms with Gasteiger partial charge in [-0.2, -0.15) is 0 Å². The number of sulfonamides is 1. The number of aryl methyl sites for hydroxylation is 1. The maximum Gasteiger partial charge on any atom is 0.216 e. The van der Waals surface area contributed by atoms with E-state index in [4.69, 9.17) is 0 Å². The molecule has 0 bridgehead atoms. The third-order valence-corrected chi connectivity index (χ3v) is 5.74. The number of aromatic nitrogens is 1. The fourth-order valence-corrected chi connectivity index (χ4v) is 4.20. The molecule has 22 heavy (non-hydrogen) atoms. The lowest BCUT2D eigenvalue weighted by atomic mass is 10.2. The lowest BCUT2D eigenvalue weighted by Crippen LogP contribution is -2.28. The molecule has 0 saturated carbocycles. The van der Waals surface area contributed by atoms with Crippen LogP contribution in [-0.2, 0) is 22.2 Å². The predicted molar refractivity (Wildman–Crippen MR) is 82.0 cm³/mol. The normalized spacial score (nSPS) is 13.3. The van der Waals surface area contributed by atoms with Gasteiger partial charge in [0.2, 0.25) is 10.0 Å². The van der Waals surface area contributed by atoms with Crippen molar-refractivity contribution >= 4 is 21.4 Å². The molecule has 0 aliphatic carbocycles. The van der Waals surface area contributed by atoms with Gasteiger partial charge in [-0.1, -0.05) is 13.0 Å². The zero-order chi connectivity index (χ0) is 16.3. The summed E-state index contributed by atoms with van der Waals surface area (Å²) in [4.78, 5) is 5.24. The fourth-order valence-electron chi connectivity index (χ4n) is 1.89. The molecule has 120 valence electrons. The molecule has 8 heteroatoms. The Hall–Kier alpha value is -1.38. The van der Waals surface area contributed by atoms with Crippen molar-refractivity contribution in [3.63, 3.8) is 0 Å². The molecule has 0 aliphatic rings. The molecule has 0 unspecified atom stereocenters. The molecule has 1 N–H and O–H groups in total. The van der Waals surface area contributed by atoms with E-state index in [9.17, 15) is 17.2 Å². The fraction of sp³-hybridized carbons (Fsp3) is 0.357. The Balaban J connectivity index is 2.10. The molecule has 0 radical (unpaired) electrons. The second kappa shape index (κ2) is 6.80. The van der Waals surface area contributed by atoms with Gasteiger partial charge in [0, 0.05) is 22.7 Å². The quantitative estimate of drug-likeness (QED) is 0.874. The molecule has 1 aromatic heterocycles. The Labute approximate surface area is 132 Å². The van der Waals surface area contributed by atoms with Gasteiger partial charge in [-0.3, -0.25) is 0 Å². The highest BCUT2D eigenvalue weighted by atomic mass is 32.2. The topological polar surface area (TPSA) is 59.1 Å². The second-order valence-corrected chi connectivity index (χ2v) is 7.75. The van der Waals surface area contributed by atoms with E-state index in [1.54, 1.807) is 13.1 Å². The minimum Gasteiger partial charge on any atom is -0.248 e. The van der Waals surface area contributed by atoms with Gasteiger partial charge >= 0.3 is 0 Å². The van der Waals surface area contributed by atoms with Gasteiger partial charge in [-0.25, -0.2) is 26.9 Å². The molecular formula is C14H16F2N2O2S2. The average Bonchev–Trinajstić information content (AvgIpc) is 2.90. The average molecular weight is 346 g/mol. The highest BCUT2D eigenvalue weighted by Crippen LogP contribution is 2.22. The zero-order valence-corrected chi connectivity index (χ0v) is 13.8. The summed E-state index contributed by atoms with van der Waals surface area (Å²) < 4.78 is 53.0. The third-order valence-electron chi connectivity index (χ3n) is 3.01. The van der Waals surface area contributed by atoms with Gasteiger partial charge in [0.05, 0.1) is 11.8 Å². The van der Waals surface area contributed by atoms with E-state index in [-0.39, 0.29) is 5.56 Å². The summed E-state index contributed by atoms with van der Waals surface area (Å²) in [5.74, 6) is -2.16. The number of rotatable bonds is 6. The Morgan fingerprint density at radius 2 is 2.09 bits per heavy atom. The molecule has 0 spiro atoms. The number of nitrogens with zero attached hydrogens (tertiary/aromatic N) is 1. The van der Waals surface area contributed by atoms with Crippen LogP contribution in [0.3, 0.4) is 0 Å². The zero-order valence-electron chi connectivity index (χ0n) is 12.1. The van der Waals surface area contributed by atoms with Crippen LogP contribution in [0.25, 0.3) is 0 Å². The minimum atomic E-state index is -3.76. The summed E-state index contributed by atoms with van der Waals surface area (Å²) in [6.45, 7) is 3.67. The molecule has 0 saturated heterocycles. The molecule has 0 aliphatic heterocycles. The van der Waals surface area contributed by atoms with Crippen LogP contribution in [0.4, 0.5) is 8.78 Å². The first-order chi connectivity index (χ1) is 10.3. The Kier molecular flexibility index (Phi) is 5.25. The summed E-state index contributed by atoms with van der Waals surface area (Å²) in [5, 5.41) is 0.653. The smallest absolute Gasteiger partial charge is 0.216 e. The summed E-state index contributed by atoms with van der Waals surface area (Å²) >= 11 is 1.43. The molecular weight excluding hydrogens is 330 g/mol. The van der Waals surface area contributed by atoms with Gasteiger partial charge in [0.15, 0.2) is 0 Å². The summed E-state index contributed by atoms with van der Waals surface area (Å²) in [6.07, 6.45) is 2.54. The van der Waals surface area contributed by atoms with Crippen molar-refractivity contribution in [3.8, 4) is 0 Å². The number of hydrogen-bond acceptors (Lipinski definition) is 4. The van der Waals surface area contributed by atoms with Gasteiger partial charge in [-0.15, -0.1) is 11.3 Å². The third kappa shape index (κ3) is 4.31. The van der Waals surface area contributed by atoms with Crippen LogP contribution in [-0.4, -0.2) is 13.4 Å². The minimum absolute atomic E-state index is 0.0746. The van der Waals surface area contributed by atoms with Crippen LogP contribution in [0.1, 0.15) is 35.3 Å². The Morgan fingerprint density at radius 3 is 2.68 bits per heavy atom.